The Morgan fingerprint density at radius 2 is 2.15 bits per heavy atom. The molecule has 2 aliphatic heterocycles. The largest absolute Gasteiger partial charge is 0.496 e. The molecule has 0 bridgehead atoms. The third kappa shape index (κ3) is 3.24. The number of carbonyl (C=O) groups is 1. The molecular weight excluding hydrogens is 350 g/mol. The standard InChI is InChI=1S/C19H21N3O3S/c1-11-20-10-16(26-11)19(23)22-17-9-14-15(24-2)4-3-13(18(14)21-17)12-5-7-25-8-6-12/h3-4,10,12H,5-9H2,1-2H3,(H,21,22,23). The maximum atomic E-state index is 12.4. The summed E-state index contributed by atoms with van der Waals surface area (Å²) in [6, 6.07) is 4.12. The van der Waals surface area contributed by atoms with Crippen molar-refractivity contribution in [3.8, 4) is 5.75 Å². The Labute approximate surface area is 156 Å². The van der Waals surface area contributed by atoms with Gasteiger partial charge in [0.05, 0.1) is 24.0 Å². The van der Waals surface area contributed by atoms with Crippen molar-refractivity contribution in [3.63, 3.8) is 0 Å². The smallest absolute Gasteiger partial charge is 0.268 e. The van der Waals surface area contributed by atoms with E-state index in [0.29, 0.717) is 23.1 Å². The van der Waals surface area contributed by atoms with Crippen LogP contribution in [0.2, 0.25) is 0 Å². The molecule has 26 heavy (non-hydrogen) atoms. The molecule has 1 aromatic carbocycles. The first-order valence-corrected chi connectivity index (χ1v) is 9.56. The molecule has 1 N–H and O–H groups in total. The minimum absolute atomic E-state index is 0.159. The van der Waals surface area contributed by atoms with E-state index in [1.54, 1.807) is 13.3 Å². The Hall–Kier alpha value is -2.25. The molecule has 0 saturated carbocycles. The van der Waals surface area contributed by atoms with E-state index in [-0.39, 0.29) is 5.91 Å². The van der Waals surface area contributed by atoms with E-state index < -0.39 is 0 Å². The van der Waals surface area contributed by atoms with Crippen molar-refractivity contribution in [1.82, 2.24) is 10.3 Å². The summed E-state index contributed by atoms with van der Waals surface area (Å²) in [7, 11) is 1.67. The number of methoxy groups -OCH3 is 1. The van der Waals surface area contributed by atoms with Crippen LogP contribution >= 0.6 is 11.3 Å². The lowest BCUT2D eigenvalue weighted by Gasteiger charge is -2.24. The van der Waals surface area contributed by atoms with Gasteiger partial charge in [0.25, 0.3) is 5.91 Å². The van der Waals surface area contributed by atoms with Crippen LogP contribution in [0.15, 0.2) is 23.3 Å². The summed E-state index contributed by atoms with van der Waals surface area (Å²) >= 11 is 1.38. The van der Waals surface area contributed by atoms with E-state index in [4.69, 9.17) is 14.5 Å². The minimum Gasteiger partial charge on any atom is -0.496 e. The van der Waals surface area contributed by atoms with Crippen molar-refractivity contribution in [3.05, 3.63) is 39.3 Å². The maximum absolute atomic E-state index is 12.4. The average Bonchev–Trinajstić information content (AvgIpc) is 3.27. The third-order valence-corrected chi connectivity index (χ3v) is 5.76. The lowest BCUT2D eigenvalue weighted by molar-refractivity contribution is 0.0854. The number of ether oxygens (including phenoxy) is 2. The number of nitrogens with one attached hydrogen (secondary N) is 1. The molecule has 1 saturated heterocycles. The van der Waals surface area contributed by atoms with Gasteiger partial charge in [0.2, 0.25) is 0 Å². The molecule has 7 heteroatoms. The first kappa shape index (κ1) is 17.2. The van der Waals surface area contributed by atoms with E-state index in [9.17, 15) is 4.79 Å². The maximum Gasteiger partial charge on any atom is 0.268 e. The number of benzene rings is 1. The van der Waals surface area contributed by atoms with Gasteiger partial charge in [-0.2, -0.15) is 0 Å². The van der Waals surface area contributed by atoms with E-state index in [1.807, 2.05) is 13.0 Å². The van der Waals surface area contributed by atoms with Crippen molar-refractivity contribution < 1.29 is 14.3 Å². The summed E-state index contributed by atoms with van der Waals surface area (Å²) in [5.41, 5.74) is 3.22. The van der Waals surface area contributed by atoms with Gasteiger partial charge in [-0.05, 0) is 37.3 Å². The highest BCUT2D eigenvalue weighted by Crippen LogP contribution is 2.42. The van der Waals surface area contributed by atoms with Gasteiger partial charge in [-0.25, -0.2) is 9.98 Å². The van der Waals surface area contributed by atoms with Gasteiger partial charge in [-0.3, -0.25) is 4.79 Å². The van der Waals surface area contributed by atoms with Crippen molar-refractivity contribution in [2.24, 2.45) is 4.99 Å². The lowest BCUT2D eigenvalue weighted by Crippen LogP contribution is -2.29. The number of fused-ring (bicyclic) bond motifs is 1. The number of thiazole rings is 1. The Bertz CT molecular complexity index is 869. The quantitative estimate of drug-likeness (QED) is 0.898. The summed E-state index contributed by atoms with van der Waals surface area (Å²) < 4.78 is 11.0. The van der Waals surface area contributed by atoms with Gasteiger partial charge in [-0.1, -0.05) is 6.07 Å². The summed E-state index contributed by atoms with van der Waals surface area (Å²) in [6.07, 6.45) is 4.16. The molecule has 2 aromatic rings. The monoisotopic (exact) mass is 371 g/mol. The van der Waals surface area contributed by atoms with Crippen molar-refractivity contribution >= 4 is 28.8 Å². The third-order valence-electron chi connectivity index (χ3n) is 4.85. The molecule has 2 aliphatic rings. The highest BCUT2D eigenvalue weighted by molar-refractivity contribution is 7.13. The number of hydrogen-bond acceptors (Lipinski definition) is 6. The highest BCUT2D eigenvalue weighted by atomic mass is 32.1. The van der Waals surface area contributed by atoms with E-state index >= 15 is 0 Å². The average molecular weight is 371 g/mol. The first-order valence-electron chi connectivity index (χ1n) is 8.74. The molecule has 0 unspecified atom stereocenters. The number of amidine groups is 1. The van der Waals surface area contributed by atoms with Crippen LogP contribution < -0.4 is 10.1 Å². The number of aliphatic imine (C=N–C) groups is 1. The zero-order chi connectivity index (χ0) is 18.1. The van der Waals surface area contributed by atoms with E-state index in [0.717, 1.165) is 48.1 Å². The Kier molecular flexibility index (Phi) is 4.74. The van der Waals surface area contributed by atoms with Gasteiger partial charge in [0, 0.05) is 25.2 Å². The molecule has 1 amide bonds. The van der Waals surface area contributed by atoms with Gasteiger partial charge in [-0.15, -0.1) is 11.3 Å². The molecule has 1 aromatic heterocycles. The Morgan fingerprint density at radius 1 is 1.35 bits per heavy atom. The molecule has 4 rings (SSSR count). The molecule has 3 heterocycles. The molecule has 1 fully saturated rings. The van der Waals surface area contributed by atoms with Crippen LogP contribution in [-0.4, -0.2) is 37.1 Å². The summed E-state index contributed by atoms with van der Waals surface area (Å²) in [4.78, 5) is 21.9. The molecule has 136 valence electrons. The second-order valence-corrected chi connectivity index (χ2v) is 7.74. The zero-order valence-corrected chi connectivity index (χ0v) is 15.7. The summed E-state index contributed by atoms with van der Waals surface area (Å²) in [6.45, 7) is 3.45. The summed E-state index contributed by atoms with van der Waals surface area (Å²) in [5.74, 6) is 1.76. The second-order valence-electron chi connectivity index (χ2n) is 6.50. The van der Waals surface area contributed by atoms with Crippen LogP contribution in [0.5, 0.6) is 5.75 Å². The summed E-state index contributed by atoms with van der Waals surface area (Å²) in [5, 5.41) is 3.81. The Balaban J connectivity index is 1.61. The van der Waals surface area contributed by atoms with Crippen molar-refractivity contribution in [2.45, 2.75) is 32.1 Å². The van der Waals surface area contributed by atoms with Crippen molar-refractivity contribution in [2.75, 3.05) is 20.3 Å². The molecule has 0 aliphatic carbocycles. The van der Waals surface area contributed by atoms with Gasteiger partial charge in [0.15, 0.2) is 0 Å². The number of rotatable bonds is 3. The zero-order valence-electron chi connectivity index (χ0n) is 14.9. The van der Waals surface area contributed by atoms with Gasteiger partial charge in [0.1, 0.15) is 16.5 Å². The van der Waals surface area contributed by atoms with Crippen LogP contribution in [0.4, 0.5) is 5.69 Å². The number of aryl methyl sites for hydroxylation is 1. The SMILES string of the molecule is COc1ccc(C2CCOCC2)c2c1CC(NC(=O)c1cnc(C)s1)=N2. The van der Waals surface area contributed by atoms with E-state index in [2.05, 4.69) is 16.4 Å². The fourth-order valence-corrected chi connectivity index (χ4v) is 4.21. The molecular formula is C19H21N3O3S. The van der Waals surface area contributed by atoms with E-state index in [1.165, 1.54) is 16.9 Å². The normalized spacial score (nSPS) is 16.9. The van der Waals surface area contributed by atoms with Crippen LogP contribution in [0.3, 0.4) is 0 Å². The van der Waals surface area contributed by atoms with Gasteiger partial charge < -0.3 is 14.8 Å². The second kappa shape index (κ2) is 7.17. The number of amides is 1. The lowest BCUT2D eigenvalue weighted by atomic mass is 9.89. The predicted octanol–water partition coefficient (Wildman–Crippen LogP) is 3.37. The van der Waals surface area contributed by atoms with Gasteiger partial charge >= 0.3 is 0 Å². The Morgan fingerprint density at radius 3 is 2.85 bits per heavy atom. The highest BCUT2D eigenvalue weighted by Gasteiger charge is 2.27. The number of carbonyl (C=O) groups excluding carboxylic acids is 1. The molecule has 0 atom stereocenters. The fourth-order valence-electron chi connectivity index (χ4n) is 3.54. The van der Waals surface area contributed by atoms with Crippen molar-refractivity contribution in [1.29, 1.82) is 0 Å². The van der Waals surface area contributed by atoms with Crippen LogP contribution in [0, 0.1) is 6.92 Å². The fraction of sp³-hybridized carbons (Fsp3) is 0.421. The molecule has 6 nitrogen and oxygen atoms in total. The number of nitrogens with zero attached hydrogens (tertiary/aromatic N) is 2. The van der Waals surface area contributed by atoms with Crippen LogP contribution in [0.25, 0.3) is 0 Å². The first-order chi connectivity index (χ1) is 12.7. The molecule has 0 radical (unpaired) electrons. The van der Waals surface area contributed by atoms with Crippen LogP contribution in [-0.2, 0) is 11.2 Å². The molecule has 0 spiro atoms. The number of hydrogen-bond donors (Lipinski definition) is 1. The topological polar surface area (TPSA) is 72.8 Å². The van der Waals surface area contributed by atoms with Crippen LogP contribution in [0.1, 0.15) is 44.6 Å². The minimum atomic E-state index is -0.159. The number of aromatic nitrogens is 1. The predicted molar refractivity (Wildman–Crippen MR) is 101 cm³/mol.